The van der Waals surface area contributed by atoms with Crippen LogP contribution in [0.1, 0.15) is 75.3 Å². The van der Waals surface area contributed by atoms with Gasteiger partial charge in [-0.2, -0.15) is 0 Å². The second kappa shape index (κ2) is 18.1. The Bertz CT molecular complexity index is 1900. The molecule has 2 aliphatic carbocycles. The van der Waals surface area contributed by atoms with E-state index in [1.54, 1.807) is 58.4 Å². The summed E-state index contributed by atoms with van der Waals surface area (Å²) in [6.07, 6.45) is 23.6. The molecule has 2 heterocycles. The molecule has 2 fully saturated rings. The van der Waals surface area contributed by atoms with Crippen LogP contribution in [0.25, 0.3) is 0 Å². The summed E-state index contributed by atoms with van der Waals surface area (Å²) in [5, 5.41) is 0. The van der Waals surface area contributed by atoms with Gasteiger partial charge in [0.15, 0.2) is 0 Å². The molecular weight excluding hydrogens is 760 g/mol. The number of allylic oxidation sites excluding steroid dienone is 12. The third kappa shape index (κ3) is 7.84. The Morgan fingerprint density at radius 2 is 1.00 bits per heavy atom. The molecule has 0 aromatic heterocycles. The molecule has 0 atom stereocenters. The van der Waals surface area contributed by atoms with Crippen LogP contribution in [0.5, 0.6) is 0 Å². The molecule has 0 N–H and O–H groups in total. The zero-order chi connectivity index (χ0) is 40.8. The van der Waals surface area contributed by atoms with Crippen LogP contribution in [-0.2, 0) is 39.0 Å². The van der Waals surface area contributed by atoms with Crippen molar-refractivity contribution < 1.29 is 43.7 Å². The molecule has 2 saturated heterocycles. The quantitative estimate of drug-likeness (QED) is 0.0855. The number of benzene rings is 2. The maximum absolute atomic E-state index is 17.5. The van der Waals surface area contributed by atoms with E-state index in [0.29, 0.717) is 72.2 Å². The minimum atomic E-state index is -5.09. The van der Waals surface area contributed by atoms with Gasteiger partial charge in [-0.1, -0.05) is 0 Å². The van der Waals surface area contributed by atoms with E-state index in [-0.39, 0.29) is 56.6 Å². The van der Waals surface area contributed by atoms with E-state index in [1.165, 1.54) is 24.3 Å². The van der Waals surface area contributed by atoms with E-state index >= 15 is 17.6 Å². The normalized spacial score (nSPS) is 18.8. The Hall–Kier alpha value is -4.27. The van der Waals surface area contributed by atoms with Crippen molar-refractivity contribution in [3.63, 3.8) is 0 Å². The summed E-state index contributed by atoms with van der Waals surface area (Å²) in [7, 11) is 0. The van der Waals surface area contributed by atoms with E-state index in [0.717, 1.165) is 12.8 Å². The first-order valence-electron chi connectivity index (χ1n) is 20.2. The molecule has 0 saturated carbocycles. The van der Waals surface area contributed by atoms with Gasteiger partial charge in [-0.3, -0.25) is 0 Å². The zero-order valence-electron chi connectivity index (χ0n) is 32.9. The first-order valence-corrected chi connectivity index (χ1v) is 23.3. The maximum atomic E-state index is 17.5. The number of likely N-dealkylation sites (tertiary alicyclic amines) is 2. The van der Waals surface area contributed by atoms with Gasteiger partial charge < -0.3 is 0 Å². The van der Waals surface area contributed by atoms with Crippen LogP contribution in [-0.4, -0.2) is 47.8 Å². The number of carbonyl (C=O) groups is 2. The van der Waals surface area contributed by atoms with Crippen molar-refractivity contribution in [1.29, 1.82) is 0 Å². The van der Waals surface area contributed by atoms with Crippen molar-refractivity contribution >= 4 is 19.6 Å². The van der Waals surface area contributed by atoms with Crippen molar-refractivity contribution in [3.8, 4) is 0 Å². The summed E-state index contributed by atoms with van der Waals surface area (Å²) in [5.41, 5.74) is -0.910. The van der Waals surface area contributed by atoms with Gasteiger partial charge in [0.2, 0.25) is 0 Å². The Balaban J connectivity index is 1.42. The summed E-state index contributed by atoms with van der Waals surface area (Å²) < 4.78 is 69.4. The third-order valence-corrected chi connectivity index (χ3v) is 20.6. The minimum absolute atomic E-state index is 0.0352. The van der Waals surface area contributed by atoms with Crippen molar-refractivity contribution in [1.82, 2.24) is 9.80 Å². The Kier molecular flexibility index (Phi) is 13.5. The number of halogens is 4. The van der Waals surface area contributed by atoms with Crippen LogP contribution in [0.3, 0.4) is 0 Å². The van der Waals surface area contributed by atoms with Crippen LogP contribution in [0.4, 0.5) is 17.6 Å². The molecule has 0 radical (unpaired) electrons. The van der Waals surface area contributed by atoms with Gasteiger partial charge in [-0.25, -0.2) is 0 Å². The molecule has 2 amide bonds. The molecule has 6 rings (SSSR count). The Labute approximate surface area is 339 Å². The van der Waals surface area contributed by atoms with Crippen LogP contribution < -0.4 is 7.74 Å². The van der Waals surface area contributed by atoms with Crippen LogP contribution in [0.15, 0.2) is 119 Å². The monoisotopic (exact) mass is 814 g/mol. The summed E-state index contributed by atoms with van der Waals surface area (Å²) in [6, 6.07) is 5.24. The van der Waals surface area contributed by atoms with Crippen molar-refractivity contribution in [2.45, 2.75) is 77.0 Å². The summed E-state index contributed by atoms with van der Waals surface area (Å²) in [5.74, 6) is -3.38. The molecule has 57 heavy (non-hydrogen) atoms. The number of nitrogens with zero attached hydrogens (tertiary/aromatic N) is 2. The second-order valence-electron chi connectivity index (χ2n) is 16.0. The average molecular weight is 815 g/mol. The predicted octanol–water partition coefficient (Wildman–Crippen LogP) is 9.64. The van der Waals surface area contributed by atoms with Gasteiger partial charge >= 0.3 is 341 Å². The third-order valence-electron chi connectivity index (χ3n) is 12.7. The van der Waals surface area contributed by atoms with Gasteiger partial charge in [0.1, 0.15) is 0 Å². The number of carbonyl (C=O) groups excluding carboxylic acids is 2. The first kappa shape index (κ1) is 42.3. The van der Waals surface area contributed by atoms with Crippen molar-refractivity contribution in [2.24, 2.45) is 10.8 Å². The second-order valence-corrected chi connectivity index (χ2v) is 21.9. The van der Waals surface area contributed by atoms with Gasteiger partial charge in [-0.05, 0) is 0 Å². The summed E-state index contributed by atoms with van der Waals surface area (Å²) in [6.45, 7) is 16.9. The number of amides is 2. The van der Waals surface area contributed by atoms with Crippen LogP contribution in [0, 0.1) is 34.1 Å². The molecule has 9 heteroatoms. The molecule has 0 unspecified atom stereocenters. The zero-order valence-corrected chi connectivity index (χ0v) is 34.5. The van der Waals surface area contributed by atoms with E-state index < -0.39 is 50.7 Å². The predicted molar refractivity (Wildman–Crippen MR) is 219 cm³/mol. The number of hydrogen-bond acceptors (Lipinski definition) is 2. The first-order chi connectivity index (χ1) is 27.5. The number of rotatable bonds is 18. The fraction of sp³-hybridized carbons (Fsp3) is 0.375. The molecule has 4 nitrogen and oxygen atoms in total. The topological polar surface area (TPSA) is 40.6 Å². The van der Waals surface area contributed by atoms with E-state index in [2.05, 4.69) is 26.3 Å². The van der Waals surface area contributed by atoms with Crippen LogP contribution >= 0.6 is 0 Å². The molecular formula is C48H54F4N2O2Ti. The van der Waals surface area contributed by atoms with Crippen molar-refractivity contribution in [3.05, 3.63) is 153 Å². The van der Waals surface area contributed by atoms with Gasteiger partial charge in [0.05, 0.1) is 0 Å². The molecule has 2 aliphatic heterocycles. The SMILES string of the molecule is C=CCC1(CC=C)CCCN(CCc2ccc(F)[c]([Ti]([C]3=CC=CC3)([C]3=CC=CC3)[c]3c(F)ccc(CCN4CCCC(CC=C)(CC=C)C4=O)c3F)c2F)C1=O. The molecule has 4 aliphatic rings. The van der Waals surface area contributed by atoms with Gasteiger partial charge in [0, 0.05) is 0 Å². The van der Waals surface area contributed by atoms with Crippen LogP contribution in [0.2, 0.25) is 0 Å². The van der Waals surface area contributed by atoms with Gasteiger partial charge in [0.25, 0.3) is 0 Å². The number of piperidine rings is 2. The fourth-order valence-electron chi connectivity index (χ4n) is 9.96. The molecule has 0 spiro atoms. The standard InChI is InChI=1S/2C19H22F2NO.2C5H5.Ti/c2*1-3-9-19(10-4-2)11-5-12-22(18(19)23)13-8-15-6-7-16(20)14-17(15)21;2*1-2-4-5-3-1;/h2*3-4,6-7H,1-2,5,8-13H2;2*1-3H,4H2;. The Morgan fingerprint density at radius 3 is 1.33 bits per heavy atom. The summed E-state index contributed by atoms with van der Waals surface area (Å²) in [4.78, 5) is 31.2. The summed E-state index contributed by atoms with van der Waals surface area (Å²) >= 11 is -5.09. The number of hydrogen-bond donors (Lipinski definition) is 0. The van der Waals surface area contributed by atoms with E-state index in [1.807, 2.05) is 12.2 Å². The fourth-order valence-corrected chi connectivity index (χ4v) is 18.3. The molecule has 300 valence electrons. The van der Waals surface area contributed by atoms with Crippen molar-refractivity contribution in [2.75, 3.05) is 26.2 Å². The Morgan fingerprint density at radius 1 is 0.614 bits per heavy atom. The van der Waals surface area contributed by atoms with E-state index in [9.17, 15) is 9.59 Å². The average Bonchev–Trinajstić information content (AvgIpc) is 3.94. The molecule has 2 aromatic carbocycles. The van der Waals surface area contributed by atoms with E-state index in [4.69, 9.17) is 0 Å². The molecule has 0 bridgehead atoms. The van der Waals surface area contributed by atoms with Gasteiger partial charge in [-0.15, -0.1) is 0 Å². The molecule has 2 aromatic rings.